The third kappa shape index (κ3) is 6.33. The Morgan fingerprint density at radius 2 is 1.88 bits per heavy atom. The van der Waals surface area contributed by atoms with Crippen LogP contribution >= 0.6 is 11.6 Å². The van der Waals surface area contributed by atoms with Gasteiger partial charge >= 0.3 is 0 Å². The maximum Gasteiger partial charge on any atom is 0.244 e. The minimum absolute atomic E-state index is 0.189. The highest BCUT2D eigenvalue weighted by Gasteiger charge is 2.14. The number of carbonyl (C=O) groups excluding carboxylic acids is 1. The van der Waals surface area contributed by atoms with Crippen LogP contribution in [0.1, 0.15) is 23.6 Å². The number of nitrogens with zero attached hydrogens (tertiary/aromatic N) is 1. The van der Waals surface area contributed by atoms with Gasteiger partial charge in [-0.3, -0.25) is 4.79 Å². The average molecular weight is 361 g/mol. The standard InChI is InChI=1S/C20H22ClFN2O/c1-24(2)14-13-19(16-7-10-17(22)11-8-16)23-20(25)12-9-15-5-3-4-6-18(15)21/h3-12,19H,13-14H2,1-2H3,(H,23,25)/b12-9+. The molecule has 2 aromatic rings. The number of hydrogen-bond acceptors (Lipinski definition) is 2. The number of carbonyl (C=O) groups is 1. The molecule has 0 aliphatic rings. The molecule has 0 aliphatic heterocycles. The lowest BCUT2D eigenvalue weighted by Gasteiger charge is -2.20. The van der Waals surface area contributed by atoms with Crippen molar-refractivity contribution < 1.29 is 9.18 Å². The Hall–Kier alpha value is -2.17. The topological polar surface area (TPSA) is 32.3 Å². The number of hydrogen-bond donors (Lipinski definition) is 1. The lowest BCUT2D eigenvalue weighted by molar-refractivity contribution is -0.117. The molecule has 0 saturated heterocycles. The Balaban J connectivity index is 2.08. The quantitative estimate of drug-likeness (QED) is 0.746. The van der Waals surface area contributed by atoms with E-state index >= 15 is 0 Å². The van der Waals surface area contributed by atoms with Crippen molar-refractivity contribution in [3.63, 3.8) is 0 Å². The summed E-state index contributed by atoms with van der Waals surface area (Å²) in [7, 11) is 3.95. The molecule has 0 aliphatic carbocycles. The van der Waals surface area contributed by atoms with E-state index in [-0.39, 0.29) is 17.8 Å². The molecule has 1 N–H and O–H groups in total. The van der Waals surface area contributed by atoms with Crippen LogP contribution in [0.3, 0.4) is 0 Å². The molecule has 2 aromatic carbocycles. The van der Waals surface area contributed by atoms with Gasteiger partial charge in [-0.25, -0.2) is 4.39 Å². The van der Waals surface area contributed by atoms with E-state index in [1.165, 1.54) is 18.2 Å². The Kier molecular flexibility index (Phi) is 7.16. The van der Waals surface area contributed by atoms with Crippen molar-refractivity contribution in [3.8, 4) is 0 Å². The van der Waals surface area contributed by atoms with Crippen LogP contribution < -0.4 is 5.32 Å². The number of benzene rings is 2. The first-order valence-corrected chi connectivity index (χ1v) is 8.47. The van der Waals surface area contributed by atoms with Crippen LogP contribution in [0.2, 0.25) is 5.02 Å². The van der Waals surface area contributed by atoms with Crippen LogP contribution in [0.25, 0.3) is 6.08 Å². The summed E-state index contributed by atoms with van der Waals surface area (Å²) in [5.74, 6) is -0.506. The van der Waals surface area contributed by atoms with Crippen molar-refractivity contribution in [1.82, 2.24) is 10.2 Å². The van der Waals surface area contributed by atoms with Gasteiger partial charge in [0, 0.05) is 11.1 Å². The molecule has 0 radical (unpaired) electrons. The van der Waals surface area contributed by atoms with Crippen molar-refractivity contribution in [2.45, 2.75) is 12.5 Å². The number of amides is 1. The van der Waals surface area contributed by atoms with Gasteiger partial charge in [0.15, 0.2) is 0 Å². The molecular weight excluding hydrogens is 339 g/mol. The minimum atomic E-state index is -0.292. The van der Waals surface area contributed by atoms with Gasteiger partial charge in [0.05, 0.1) is 6.04 Å². The Morgan fingerprint density at radius 3 is 2.52 bits per heavy atom. The van der Waals surface area contributed by atoms with E-state index in [2.05, 4.69) is 5.32 Å². The van der Waals surface area contributed by atoms with Gasteiger partial charge in [0.2, 0.25) is 5.91 Å². The molecule has 1 unspecified atom stereocenters. The minimum Gasteiger partial charge on any atom is -0.346 e. The average Bonchev–Trinajstić information content (AvgIpc) is 2.58. The Labute approximate surface area is 153 Å². The zero-order valence-electron chi connectivity index (χ0n) is 14.4. The Morgan fingerprint density at radius 1 is 1.20 bits per heavy atom. The molecule has 0 heterocycles. The fraction of sp³-hybridized carbons (Fsp3) is 0.250. The second kappa shape index (κ2) is 9.35. The predicted molar refractivity (Wildman–Crippen MR) is 101 cm³/mol. The van der Waals surface area contributed by atoms with Crippen molar-refractivity contribution >= 4 is 23.6 Å². The highest BCUT2D eigenvalue weighted by molar-refractivity contribution is 6.32. The first-order chi connectivity index (χ1) is 12.0. The predicted octanol–water partition coefficient (Wildman–Crippen LogP) is 4.30. The molecule has 2 rings (SSSR count). The summed E-state index contributed by atoms with van der Waals surface area (Å²) >= 11 is 6.08. The second-order valence-electron chi connectivity index (χ2n) is 6.06. The number of halogens is 2. The van der Waals surface area contributed by atoms with E-state index in [1.807, 2.05) is 37.2 Å². The van der Waals surface area contributed by atoms with Crippen LogP contribution in [-0.2, 0) is 4.79 Å². The van der Waals surface area contributed by atoms with E-state index in [0.29, 0.717) is 5.02 Å². The highest BCUT2D eigenvalue weighted by Crippen LogP contribution is 2.19. The SMILES string of the molecule is CN(C)CCC(NC(=O)/C=C/c1ccccc1Cl)c1ccc(F)cc1. The summed E-state index contributed by atoms with van der Waals surface area (Å²) in [5, 5.41) is 3.57. The highest BCUT2D eigenvalue weighted by atomic mass is 35.5. The first kappa shape index (κ1) is 19.2. The zero-order valence-corrected chi connectivity index (χ0v) is 15.1. The molecule has 25 heavy (non-hydrogen) atoms. The molecule has 132 valence electrons. The van der Waals surface area contributed by atoms with E-state index in [0.717, 1.165) is 24.1 Å². The number of nitrogens with one attached hydrogen (secondary N) is 1. The monoisotopic (exact) mass is 360 g/mol. The molecule has 3 nitrogen and oxygen atoms in total. The fourth-order valence-electron chi connectivity index (χ4n) is 2.40. The van der Waals surface area contributed by atoms with Crippen LogP contribution in [0.5, 0.6) is 0 Å². The summed E-state index contributed by atoms with van der Waals surface area (Å²) < 4.78 is 13.2. The van der Waals surface area contributed by atoms with Crippen molar-refractivity contribution in [3.05, 3.63) is 76.6 Å². The summed E-state index contributed by atoms with van der Waals surface area (Å²) in [5.41, 5.74) is 1.66. The van der Waals surface area contributed by atoms with E-state index in [1.54, 1.807) is 24.3 Å². The fourth-order valence-corrected chi connectivity index (χ4v) is 2.60. The summed E-state index contributed by atoms with van der Waals surface area (Å²) in [6, 6.07) is 13.3. The molecule has 5 heteroatoms. The van der Waals surface area contributed by atoms with Gasteiger partial charge in [0.25, 0.3) is 0 Å². The molecule has 1 amide bonds. The van der Waals surface area contributed by atoms with Gasteiger partial charge < -0.3 is 10.2 Å². The lowest BCUT2D eigenvalue weighted by atomic mass is 10.0. The number of rotatable bonds is 7. The van der Waals surface area contributed by atoms with Gasteiger partial charge in [-0.1, -0.05) is 41.9 Å². The summed E-state index contributed by atoms with van der Waals surface area (Å²) in [6.45, 7) is 0.802. The van der Waals surface area contributed by atoms with Crippen LogP contribution in [0, 0.1) is 5.82 Å². The maximum atomic E-state index is 13.2. The van der Waals surface area contributed by atoms with E-state index < -0.39 is 0 Å². The van der Waals surface area contributed by atoms with Crippen molar-refractivity contribution in [2.75, 3.05) is 20.6 Å². The molecular formula is C20H22ClFN2O. The summed E-state index contributed by atoms with van der Waals surface area (Å²) in [4.78, 5) is 14.3. The normalized spacial score (nSPS) is 12.5. The third-order valence-corrected chi connectivity index (χ3v) is 4.12. The van der Waals surface area contributed by atoms with Crippen LogP contribution in [0.15, 0.2) is 54.6 Å². The van der Waals surface area contributed by atoms with E-state index in [4.69, 9.17) is 11.6 Å². The van der Waals surface area contributed by atoms with Crippen LogP contribution in [-0.4, -0.2) is 31.4 Å². The molecule has 0 saturated carbocycles. The van der Waals surface area contributed by atoms with Crippen molar-refractivity contribution in [1.29, 1.82) is 0 Å². The van der Waals surface area contributed by atoms with Crippen LogP contribution in [0.4, 0.5) is 4.39 Å². The van der Waals surface area contributed by atoms with Gasteiger partial charge in [-0.15, -0.1) is 0 Å². The zero-order chi connectivity index (χ0) is 18.2. The summed E-state index contributed by atoms with van der Waals surface area (Å²) in [6.07, 6.45) is 3.88. The van der Waals surface area contributed by atoms with Gasteiger partial charge in [0.1, 0.15) is 5.82 Å². The third-order valence-electron chi connectivity index (χ3n) is 3.77. The maximum absolute atomic E-state index is 13.2. The van der Waals surface area contributed by atoms with Crippen molar-refractivity contribution in [2.24, 2.45) is 0 Å². The van der Waals surface area contributed by atoms with Gasteiger partial charge in [-0.05, 0) is 62.5 Å². The largest absolute Gasteiger partial charge is 0.346 e. The van der Waals surface area contributed by atoms with Gasteiger partial charge in [-0.2, -0.15) is 0 Å². The molecule has 0 bridgehead atoms. The second-order valence-corrected chi connectivity index (χ2v) is 6.47. The van der Waals surface area contributed by atoms with E-state index in [9.17, 15) is 9.18 Å². The molecule has 0 aromatic heterocycles. The lowest BCUT2D eigenvalue weighted by Crippen LogP contribution is -2.29. The Bertz CT molecular complexity index is 729. The smallest absolute Gasteiger partial charge is 0.244 e. The molecule has 0 fully saturated rings. The molecule has 0 spiro atoms. The first-order valence-electron chi connectivity index (χ1n) is 8.09. The molecule has 1 atom stereocenters.